The minimum atomic E-state index is -0.253. The summed E-state index contributed by atoms with van der Waals surface area (Å²) in [5.41, 5.74) is 6.96. The molecule has 3 nitrogen and oxygen atoms in total. The first kappa shape index (κ1) is 11.3. The van der Waals surface area contributed by atoms with Gasteiger partial charge >= 0.3 is 0 Å². The molecule has 1 rings (SSSR count). The zero-order valence-electron chi connectivity index (χ0n) is 9.12. The van der Waals surface area contributed by atoms with Crippen molar-refractivity contribution in [1.82, 2.24) is 0 Å². The van der Waals surface area contributed by atoms with Gasteiger partial charge in [-0.25, -0.2) is 0 Å². The molecule has 0 aliphatic rings. The molecule has 0 fully saturated rings. The highest BCUT2D eigenvalue weighted by molar-refractivity contribution is 5.09. The first-order valence-electron chi connectivity index (χ1n) is 4.94. The number of nitrogens with two attached hydrogens (primary N) is 1. The molecule has 2 unspecified atom stereocenters. The summed E-state index contributed by atoms with van der Waals surface area (Å²) in [6.45, 7) is 4.12. The summed E-state index contributed by atoms with van der Waals surface area (Å²) in [5.74, 6) is 0. The summed E-state index contributed by atoms with van der Waals surface area (Å²) in [6.07, 6.45) is 5.08. The van der Waals surface area contributed by atoms with Crippen LogP contribution >= 0.6 is 0 Å². The minimum Gasteiger partial charge on any atom is -0.472 e. The molecule has 0 saturated heterocycles. The monoisotopic (exact) mass is 197 g/mol. The number of ether oxygens (including phenoxy) is 1. The summed E-state index contributed by atoms with van der Waals surface area (Å²) >= 11 is 0. The van der Waals surface area contributed by atoms with Crippen LogP contribution in [0.25, 0.3) is 0 Å². The lowest BCUT2D eigenvalue weighted by atomic mass is 9.90. The second-order valence-electron chi connectivity index (χ2n) is 3.81. The van der Waals surface area contributed by atoms with Gasteiger partial charge in [0.15, 0.2) is 0 Å². The molecule has 80 valence electrons. The van der Waals surface area contributed by atoms with Crippen LogP contribution in [0.4, 0.5) is 0 Å². The van der Waals surface area contributed by atoms with Crippen LogP contribution in [0.5, 0.6) is 0 Å². The summed E-state index contributed by atoms with van der Waals surface area (Å²) < 4.78 is 10.4. The second kappa shape index (κ2) is 4.62. The van der Waals surface area contributed by atoms with Crippen LogP contribution in [0.2, 0.25) is 0 Å². The quantitative estimate of drug-likeness (QED) is 0.785. The van der Waals surface area contributed by atoms with Crippen LogP contribution in [0.3, 0.4) is 0 Å². The highest BCUT2D eigenvalue weighted by atomic mass is 16.5. The van der Waals surface area contributed by atoms with Gasteiger partial charge in [0.05, 0.1) is 18.1 Å². The third-order valence-electron chi connectivity index (χ3n) is 2.99. The van der Waals surface area contributed by atoms with E-state index in [0.29, 0.717) is 0 Å². The fourth-order valence-corrected chi connectivity index (χ4v) is 1.44. The molecule has 0 bridgehead atoms. The maximum absolute atomic E-state index is 6.10. The Kier molecular flexibility index (Phi) is 3.72. The van der Waals surface area contributed by atoms with Gasteiger partial charge in [-0.05, 0) is 31.4 Å². The molecule has 2 atom stereocenters. The summed E-state index contributed by atoms with van der Waals surface area (Å²) in [4.78, 5) is 0. The molecule has 1 aromatic rings. The van der Waals surface area contributed by atoms with Gasteiger partial charge in [-0.15, -0.1) is 0 Å². The van der Waals surface area contributed by atoms with E-state index < -0.39 is 0 Å². The van der Waals surface area contributed by atoms with Gasteiger partial charge in [-0.2, -0.15) is 0 Å². The smallest absolute Gasteiger partial charge is 0.0935 e. The largest absolute Gasteiger partial charge is 0.472 e. The lowest BCUT2D eigenvalue weighted by Crippen LogP contribution is -2.48. The maximum atomic E-state index is 6.10. The Morgan fingerprint density at radius 1 is 1.64 bits per heavy atom. The van der Waals surface area contributed by atoms with Crippen LogP contribution in [-0.4, -0.2) is 18.8 Å². The predicted molar refractivity (Wildman–Crippen MR) is 56.1 cm³/mol. The molecular formula is C11H19NO2. The van der Waals surface area contributed by atoms with Crippen molar-refractivity contribution in [2.45, 2.75) is 38.3 Å². The predicted octanol–water partition coefficient (Wildman–Crippen LogP) is 1.96. The normalized spacial score (nSPS) is 17.7. The number of hydrogen-bond acceptors (Lipinski definition) is 3. The van der Waals surface area contributed by atoms with E-state index in [9.17, 15) is 0 Å². The first-order valence-corrected chi connectivity index (χ1v) is 4.94. The van der Waals surface area contributed by atoms with Gasteiger partial charge in [0, 0.05) is 13.2 Å². The van der Waals surface area contributed by atoms with Crippen molar-refractivity contribution in [2.24, 2.45) is 5.73 Å². The highest BCUT2D eigenvalue weighted by Crippen LogP contribution is 2.20. The van der Waals surface area contributed by atoms with Crippen molar-refractivity contribution in [3.05, 3.63) is 24.2 Å². The Bertz CT molecular complexity index is 252. The molecule has 3 heteroatoms. The van der Waals surface area contributed by atoms with E-state index >= 15 is 0 Å². The maximum Gasteiger partial charge on any atom is 0.0935 e. The van der Waals surface area contributed by atoms with Crippen LogP contribution < -0.4 is 5.73 Å². The van der Waals surface area contributed by atoms with Crippen molar-refractivity contribution in [2.75, 3.05) is 7.11 Å². The molecule has 0 saturated carbocycles. The number of furan rings is 1. The Morgan fingerprint density at radius 2 is 2.36 bits per heavy atom. The molecule has 0 radical (unpaired) electrons. The van der Waals surface area contributed by atoms with Crippen LogP contribution in [0.15, 0.2) is 23.0 Å². The molecule has 14 heavy (non-hydrogen) atoms. The van der Waals surface area contributed by atoms with E-state index in [1.165, 1.54) is 0 Å². The molecule has 0 aliphatic heterocycles. The molecule has 1 heterocycles. The molecule has 0 aromatic carbocycles. The van der Waals surface area contributed by atoms with E-state index in [-0.39, 0.29) is 11.6 Å². The number of methoxy groups -OCH3 is 1. The van der Waals surface area contributed by atoms with Gasteiger partial charge in [-0.1, -0.05) is 6.92 Å². The summed E-state index contributed by atoms with van der Waals surface area (Å²) in [5, 5.41) is 0. The van der Waals surface area contributed by atoms with E-state index in [2.05, 4.69) is 6.92 Å². The fourth-order valence-electron chi connectivity index (χ4n) is 1.44. The molecule has 0 aliphatic carbocycles. The van der Waals surface area contributed by atoms with E-state index in [0.717, 1.165) is 18.4 Å². The molecule has 2 N–H and O–H groups in total. The Labute approximate surface area is 85.2 Å². The van der Waals surface area contributed by atoms with Crippen molar-refractivity contribution in [3.8, 4) is 0 Å². The Hall–Kier alpha value is -0.800. The standard InChI is InChI=1S/C11H19NO2/c1-4-11(2,13-3)10(12)7-9-5-6-14-8-9/h5-6,8,10H,4,7,12H2,1-3H3. The zero-order valence-corrected chi connectivity index (χ0v) is 9.12. The topological polar surface area (TPSA) is 48.4 Å². The van der Waals surface area contributed by atoms with Crippen molar-refractivity contribution >= 4 is 0 Å². The summed E-state index contributed by atoms with van der Waals surface area (Å²) in [6, 6.07) is 1.93. The summed E-state index contributed by atoms with van der Waals surface area (Å²) in [7, 11) is 1.71. The Balaban J connectivity index is 2.60. The SMILES string of the molecule is CCC(C)(OC)C(N)Cc1ccoc1. The van der Waals surface area contributed by atoms with Gasteiger partial charge in [0.2, 0.25) is 0 Å². The number of rotatable bonds is 5. The van der Waals surface area contributed by atoms with Crippen LogP contribution in [-0.2, 0) is 11.2 Å². The number of hydrogen-bond donors (Lipinski definition) is 1. The minimum absolute atomic E-state index is 0.00454. The van der Waals surface area contributed by atoms with Crippen molar-refractivity contribution < 1.29 is 9.15 Å². The van der Waals surface area contributed by atoms with Crippen molar-refractivity contribution in [1.29, 1.82) is 0 Å². The van der Waals surface area contributed by atoms with Crippen LogP contribution in [0.1, 0.15) is 25.8 Å². The van der Waals surface area contributed by atoms with Gasteiger partial charge in [0.1, 0.15) is 0 Å². The van der Waals surface area contributed by atoms with E-state index in [4.69, 9.17) is 14.9 Å². The van der Waals surface area contributed by atoms with Gasteiger partial charge in [0.25, 0.3) is 0 Å². The van der Waals surface area contributed by atoms with Gasteiger partial charge < -0.3 is 14.9 Å². The lowest BCUT2D eigenvalue weighted by molar-refractivity contribution is -0.0184. The fraction of sp³-hybridized carbons (Fsp3) is 0.636. The molecule has 0 amide bonds. The average Bonchev–Trinajstić information content (AvgIpc) is 2.69. The first-order chi connectivity index (χ1) is 6.62. The zero-order chi connectivity index (χ0) is 10.6. The highest BCUT2D eigenvalue weighted by Gasteiger charge is 2.29. The van der Waals surface area contributed by atoms with Crippen LogP contribution in [0, 0.1) is 0 Å². The second-order valence-corrected chi connectivity index (χ2v) is 3.81. The molecule has 0 spiro atoms. The van der Waals surface area contributed by atoms with E-state index in [1.54, 1.807) is 19.6 Å². The molecule has 1 aromatic heterocycles. The van der Waals surface area contributed by atoms with Crippen molar-refractivity contribution in [3.63, 3.8) is 0 Å². The van der Waals surface area contributed by atoms with E-state index in [1.807, 2.05) is 13.0 Å². The Morgan fingerprint density at radius 3 is 2.79 bits per heavy atom. The third-order valence-corrected chi connectivity index (χ3v) is 2.99. The molecular weight excluding hydrogens is 178 g/mol. The average molecular weight is 197 g/mol. The van der Waals surface area contributed by atoms with Gasteiger partial charge in [-0.3, -0.25) is 0 Å². The third kappa shape index (κ3) is 2.36. The lowest BCUT2D eigenvalue weighted by Gasteiger charge is -2.33.